The lowest BCUT2D eigenvalue weighted by Crippen LogP contribution is -2.43. The molecule has 5 nitrogen and oxygen atoms in total. The van der Waals surface area contributed by atoms with Gasteiger partial charge in [-0.05, 0) is 50.9 Å². The summed E-state index contributed by atoms with van der Waals surface area (Å²) in [5, 5.41) is 13.2. The van der Waals surface area contributed by atoms with Crippen molar-refractivity contribution in [3.05, 3.63) is 35.3 Å². The molecule has 6 heteroatoms. The second kappa shape index (κ2) is 7.12. The number of nitrogens with one attached hydrogen (secondary N) is 1. The molecule has 1 aromatic rings. The van der Waals surface area contributed by atoms with Crippen molar-refractivity contribution in [1.82, 2.24) is 5.32 Å². The summed E-state index contributed by atoms with van der Waals surface area (Å²) in [6.45, 7) is 12.1. The molecule has 0 bridgehead atoms. The molecule has 0 aromatic heterocycles. The van der Waals surface area contributed by atoms with Gasteiger partial charge in [-0.3, -0.25) is 0 Å². The fraction of sp³-hybridized carbons (Fsp3) is 0.579. The molecule has 25 heavy (non-hydrogen) atoms. The van der Waals surface area contributed by atoms with E-state index in [-0.39, 0.29) is 6.61 Å². The van der Waals surface area contributed by atoms with E-state index in [1.54, 1.807) is 0 Å². The van der Waals surface area contributed by atoms with E-state index in [4.69, 9.17) is 9.31 Å². The van der Waals surface area contributed by atoms with Crippen molar-refractivity contribution in [2.24, 2.45) is 0 Å². The highest BCUT2D eigenvalue weighted by atomic mass is 16.7. The Balaban J connectivity index is 1.74. The molecular weight excluding hydrogens is 315 g/mol. The highest BCUT2D eigenvalue weighted by Crippen LogP contribution is 2.38. The number of aliphatic hydroxyl groups excluding tert-OH is 1. The van der Waals surface area contributed by atoms with Gasteiger partial charge in [0, 0.05) is 31.9 Å². The third kappa shape index (κ3) is 3.92. The third-order valence-corrected chi connectivity index (χ3v) is 5.47. The van der Waals surface area contributed by atoms with Gasteiger partial charge in [-0.15, -0.1) is 0 Å². The zero-order valence-electron chi connectivity index (χ0n) is 15.7. The van der Waals surface area contributed by atoms with Crippen molar-refractivity contribution < 1.29 is 14.4 Å². The van der Waals surface area contributed by atoms with E-state index in [1.807, 2.05) is 33.8 Å². The van der Waals surface area contributed by atoms with E-state index >= 15 is 0 Å². The number of aliphatic hydroxyl groups is 1. The molecule has 3 rings (SSSR count). The Hall–Kier alpha value is -1.34. The van der Waals surface area contributed by atoms with E-state index in [1.165, 1.54) is 5.69 Å². The van der Waals surface area contributed by atoms with Crippen LogP contribution < -0.4 is 10.2 Å². The summed E-state index contributed by atoms with van der Waals surface area (Å²) >= 11 is 0. The van der Waals surface area contributed by atoms with Crippen molar-refractivity contribution in [2.45, 2.75) is 38.9 Å². The molecule has 136 valence electrons. The number of piperazine rings is 1. The average Bonchev–Trinajstić information content (AvgIpc) is 2.81. The number of nitrogens with zero attached hydrogens (tertiary/aromatic N) is 1. The predicted octanol–water partition coefficient (Wildman–Crippen LogP) is 2.10. The number of hydrogen-bond acceptors (Lipinski definition) is 5. The summed E-state index contributed by atoms with van der Waals surface area (Å²) in [7, 11) is -0.511. The summed E-state index contributed by atoms with van der Waals surface area (Å²) in [5.74, 6) is 0. The summed E-state index contributed by atoms with van der Waals surface area (Å²) in [6.07, 6.45) is 1.96. The quantitative estimate of drug-likeness (QED) is 0.820. The van der Waals surface area contributed by atoms with Crippen LogP contribution in [0.1, 0.15) is 33.3 Å². The summed E-state index contributed by atoms with van der Waals surface area (Å²) in [5.41, 5.74) is 2.21. The highest BCUT2D eigenvalue weighted by Gasteiger charge is 2.52. The molecule has 0 unspecified atom stereocenters. The fourth-order valence-electron chi connectivity index (χ4n) is 3.10. The van der Waals surface area contributed by atoms with E-state index in [9.17, 15) is 5.11 Å². The summed E-state index contributed by atoms with van der Waals surface area (Å²) < 4.78 is 12.1. The molecule has 1 aromatic carbocycles. The Morgan fingerprint density at radius 2 is 1.68 bits per heavy atom. The first kappa shape index (κ1) is 18.5. The van der Waals surface area contributed by atoms with Gasteiger partial charge in [-0.25, -0.2) is 0 Å². The minimum absolute atomic E-state index is 0.0869. The number of hydrogen-bond donors (Lipinski definition) is 2. The standard InChI is InChI=1S/C19H29BN2O3/c1-18(2)19(3,4)25-20(24-18)16(14-23)13-15-5-7-17(8-6-15)22-11-9-21-10-12-22/h5-8,13,21,23H,9-12,14H2,1-4H3. The Bertz CT molecular complexity index is 606. The van der Waals surface area contributed by atoms with Crippen molar-refractivity contribution in [3.8, 4) is 0 Å². The summed E-state index contributed by atoms with van der Waals surface area (Å²) in [4.78, 5) is 2.38. The normalized spacial score (nSPS) is 23.2. The second-order valence-corrected chi connectivity index (χ2v) is 7.79. The molecule has 2 aliphatic rings. The van der Waals surface area contributed by atoms with Crippen LogP contribution >= 0.6 is 0 Å². The maximum Gasteiger partial charge on any atom is 0.492 e. The van der Waals surface area contributed by atoms with Crippen molar-refractivity contribution in [2.75, 3.05) is 37.7 Å². The van der Waals surface area contributed by atoms with Crippen molar-refractivity contribution in [3.63, 3.8) is 0 Å². The minimum Gasteiger partial charge on any atom is -0.400 e. The number of anilines is 1. The molecule has 0 amide bonds. The zero-order chi connectivity index (χ0) is 18.1. The highest BCUT2D eigenvalue weighted by molar-refractivity contribution is 6.55. The largest absolute Gasteiger partial charge is 0.492 e. The number of rotatable bonds is 4. The lowest BCUT2D eigenvalue weighted by atomic mass is 9.77. The van der Waals surface area contributed by atoms with E-state index in [2.05, 4.69) is 34.5 Å². The van der Waals surface area contributed by atoms with Crippen LogP contribution in [0.3, 0.4) is 0 Å². The van der Waals surface area contributed by atoms with Crippen LogP contribution in [0, 0.1) is 0 Å². The van der Waals surface area contributed by atoms with Crippen LogP contribution in [0.5, 0.6) is 0 Å². The molecule has 2 aliphatic heterocycles. The van der Waals surface area contributed by atoms with Crippen LogP contribution in [0.15, 0.2) is 29.7 Å². The van der Waals surface area contributed by atoms with Crippen LogP contribution in [-0.4, -0.2) is 56.2 Å². The topological polar surface area (TPSA) is 54.0 Å². The zero-order valence-corrected chi connectivity index (χ0v) is 15.7. The maximum atomic E-state index is 9.80. The Morgan fingerprint density at radius 1 is 1.12 bits per heavy atom. The lowest BCUT2D eigenvalue weighted by molar-refractivity contribution is 0.00578. The SMILES string of the molecule is CC1(C)OB(C(=Cc2ccc(N3CCNCC3)cc2)CO)OC1(C)C. The van der Waals surface area contributed by atoms with Crippen LogP contribution in [0.25, 0.3) is 6.08 Å². The summed E-state index contributed by atoms with van der Waals surface area (Å²) in [6, 6.07) is 8.43. The molecular formula is C19H29BN2O3. The van der Waals surface area contributed by atoms with E-state index in [0.717, 1.165) is 37.2 Å². The molecule has 0 atom stereocenters. The number of benzene rings is 1. The predicted molar refractivity (Wildman–Crippen MR) is 103 cm³/mol. The Labute approximate surface area is 151 Å². The van der Waals surface area contributed by atoms with Crippen LogP contribution in [0.2, 0.25) is 0 Å². The van der Waals surface area contributed by atoms with Gasteiger partial charge in [0.05, 0.1) is 17.8 Å². The molecule has 2 fully saturated rings. The van der Waals surface area contributed by atoms with Gasteiger partial charge in [0.15, 0.2) is 0 Å². The third-order valence-electron chi connectivity index (χ3n) is 5.47. The van der Waals surface area contributed by atoms with Gasteiger partial charge in [0.1, 0.15) is 0 Å². The Morgan fingerprint density at radius 3 is 2.20 bits per heavy atom. The lowest BCUT2D eigenvalue weighted by Gasteiger charge is -2.32. The molecule has 0 aliphatic carbocycles. The van der Waals surface area contributed by atoms with Crippen LogP contribution in [0.4, 0.5) is 5.69 Å². The molecule has 2 N–H and O–H groups in total. The molecule has 0 saturated carbocycles. The molecule has 2 saturated heterocycles. The maximum absolute atomic E-state index is 9.80. The van der Waals surface area contributed by atoms with Gasteiger partial charge in [-0.2, -0.15) is 0 Å². The fourth-order valence-corrected chi connectivity index (χ4v) is 3.10. The average molecular weight is 344 g/mol. The first-order valence-corrected chi connectivity index (χ1v) is 9.05. The van der Waals surface area contributed by atoms with E-state index < -0.39 is 18.3 Å². The van der Waals surface area contributed by atoms with E-state index in [0.29, 0.717) is 0 Å². The van der Waals surface area contributed by atoms with Gasteiger partial charge in [-0.1, -0.05) is 18.2 Å². The molecule has 2 heterocycles. The van der Waals surface area contributed by atoms with Gasteiger partial charge in [0.2, 0.25) is 0 Å². The molecule has 0 spiro atoms. The monoisotopic (exact) mass is 344 g/mol. The second-order valence-electron chi connectivity index (χ2n) is 7.79. The van der Waals surface area contributed by atoms with Crippen molar-refractivity contribution in [1.29, 1.82) is 0 Å². The van der Waals surface area contributed by atoms with Crippen molar-refractivity contribution >= 4 is 18.9 Å². The van der Waals surface area contributed by atoms with Gasteiger partial charge >= 0.3 is 7.12 Å². The van der Waals surface area contributed by atoms with Crippen LogP contribution in [-0.2, 0) is 9.31 Å². The molecule has 0 radical (unpaired) electrons. The smallest absolute Gasteiger partial charge is 0.400 e. The Kier molecular flexibility index (Phi) is 5.25. The first-order valence-electron chi connectivity index (χ1n) is 9.05. The first-order chi connectivity index (χ1) is 11.8. The van der Waals surface area contributed by atoms with Gasteiger partial charge < -0.3 is 24.6 Å². The minimum atomic E-state index is -0.511. The van der Waals surface area contributed by atoms with Gasteiger partial charge in [0.25, 0.3) is 0 Å².